The fourth-order valence-corrected chi connectivity index (χ4v) is 2.69. The average Bonchev–Trinajstić information content (AvgIpc) is 2.81. The van der Waals surface area contributed by atoms with Crippen molar-refractivity contribution < 1.29 is 9.47 Å². The number of hydrogen-bond donors (Lipinski definition) is 2. The minimum absolute atomic E-state index is 0.694. The van der Waals surface area contributed by atoms with E-state index in [1.54, 1.807) is 7.11 Å². The van der Waals surface area contributed by atoms with Gasteiger partial charge in [-0.15, -0.1) is 0 Å². The standard InChI is InChI=1S/C17H29N3O2/c1-3-22-17-13-15(14-19-9-12-21-2)5-6-16(17)20-10-4-7-18-8-11-20/h5-6,13,18-19H,3-4,7-12,14H2,1-2H3. The van der Waals surface area contributed by atoms with Gasteiger partial charge in [0.1, 0.15) is 5.75 Å². The lowest BCUT2D eigenvalue weighted by molar-refractivity contribution is 0.199. The van der Waals surface area contributed by atoms with E-state index in [2.05, 4.69) is 33.7 Å². The van der Waals surface area contributed by atoms with Crippen LogP contribution >= 0.6 is 0 Å². The molecule has 2 N–H and O–H groups in total. The number of rotatable bonds is 8. The van der Waals surface area contributed by atoms with E-state index in [9.17, 15) is 0 Å². The molecule has 0 aromatic heterocycles. The molecule has 0 spiro atoms. The van der Waals surface area contributed by atoms with Gasteiger partial charge in [0.2, 0.25) is 0 Å². The van der Waals surface area contributed by atoms with E-state index < -0.39 is 0 Å². The SMILES string of the molecule is CCOc1cc(CNCCOC)ccc1N1CCCNCC1. The minimum Gasteiger partial charge on any atom is -0.492 e. The van der Waals surface area contributed by atoms with Gasteiger partial charge in [0.05, 0.1) is 18.9 Å². The van der Waals surface area contributed by atoms with Gasteiger partial charge < -0.3 is 25.0 Å². The van der Waals surface area contributed by atoms with Gasteiger partial charge in [-0.1, -0.05) is 6.07 Å². The van der Waals surface area contributed by atoms with E-state index in [0.29, 0.717) is 6.61 Å². The maximum Gasteiger partial charge on any atom is 0.142 e. The van der Waals surface area contributed by atoms with Crippen molar-refractivity contribution in [1.29, 1.82) is 0 Å². The Bertz CT molecular complexity index is 432. The Kier molecular flexibility index (Phi) is 7.49. The van der Waals surface area contributed by atoms with Crippen LogP contribution in [0, 0.1) is 0 Å². The van der Waals surface area contributed by atoms with Crippen LogP contribution in [-0.2, 0) is 11.3 Å². The predicted octanol–water partition coefficient (Wildman–Crippen LogP) is 1.62. The van der Waals surface area contributed by atoms with Crippen LogP contribution in [0.3, 0.4) is 0 Å². The van der Waals surface area contributed by atoms with E-state index in [0.717, 1.165) is 51.6 Å². The molecule has 5 heteroatoms. The van der Waals surface area contributed by atoms with Crippen molar-refractivity contribution in [2.24, 2.45) is 0 Å². The Hall–Kier alpha value is -1.30. The first-order valence-electron chi connectivity index (χ1n) is 8.26. The molecule has 5 nitrogen and oxygen atoms in total. The van der Waals surface area contributed by atoms with Crippen LogP contribution in [0.25, 0.3) is 0 Å². The number of nitrogens with zero attached hydrogens (tertiary/aromatic N) is 1. The van der Waals surface area contributed by atoms with Crippen molar-refractivity contribution in [2.45, 2.75) is 19.9 Å². The summed E-state index contributed by atoms with van der Waals surface area (Å²) in [5.74, 6) is 0.996. The first-order valence-corrected chi connectivity index (χ1v) is 8.26. The zero-order valence-electron chi connectivity index (χ0n) is 13.9. The van der Waals surface area contributed by atoms with E-state index in [4.69, 9.17) is 9.47 Å². The molecule has 0 aliphatic carbocycles. The summed E-state index contributed by atoms with van der Waals surface area (Å²) in [4.78, 5) is 2.42. The maximum atomic E-state index is 5.88. The molecule has 0 radical (unpaired) electrons. The summed E-state index contributed by atoms with van der Waals surface area (Å²) in [6.45, 7) is 9.41. The minimum atomic E-state index is 0.694. The summed E-state index contributed by atoms with van der Waals surface area (Å²) in [6, 6.07) is 6.55. The molecule has 1 saturated heterocycles. The van der Waals surface area contributed by atoms with Crippen molar-refractivity contribution in [2.75, 3.05) is 57.9 Å². The zero-order valence-corrected chi connectivity index (χ0v) is 13.9. The molecule has 1 aliphatic heterocycles. The van der Waals surface area contributed by atoms with Crippen molar-refractivity contribution >= 4 is 5.69 Å². The zero-order chi connectivity index (χ0) is 15.6. The smallest absolute Gasteiger partial charge is 0.142 e. The average molecular weight is 307 g/mol. The number of methoxy groups -OCH3 is 1. The van der Waals surface area contributed by atoms with Gasteiger partial charge in [-0.05, 0) is 37.6 Å². The normalized spacial score (nSPS) is 15.6. The summed E-state index contributed by atoms with van der Waals surface area (Å²) >= 11 is 0. The van der Waals surface area contributed by atoms with Gasteiger partial charge in [-0.25, -0.2) is 0 Å². The lowest BCUT2D eigenvalue weighted by Crippen LogP contribution is -2.28. The quantitative estimate of drug-likeness (QED) is 0.715. The third-order valence-electron chi connectivity index (χ3n) is 3.82. The largest absolute Gasteiger partial charge is 0.492 e. The molecule has 0 unspecified atom stereocenters. The van der Waals surface area contributed by atoms with Gasteiger partial charge in [-0.2, -0.15) is 0 Å². The van der Waals surface area contributed by atoms with Gasteiger partial charge >= 0.3 is 0 Å². The van der Waals surface area contributed by atoms with Crippen LogP contribution in [0.1, 0.15) is 18.9 Å². The summed E-state index contributed by atoms with van der Waals surface area (Å²) in [7, 11) is 1.72. The van der Waals surface area contributed by atoms with Crippen LogP contribution in [-0.4, -0.2) is 53.0 Å². The molecule has 1 aromatic rings. The summed E-state index contributed by atoms with van der Waals surface area (Å²) < 4.78 is 10.9. The van der Waals surface area contributed by atoms with Crippen molar-refractivity contribution in [3.8, 4) is 5.75 Å². The van der Waals surface area contributed by atoms with Crippen molar-refractivity contribution in [3.05, 3.63) is 23.8 Å². The second kappa shape index (κ2) is 9.66. The Balaban J connectivity index is 2.05. The van der Waals surface area contributed by atoms with E-state index in [1.165, 1.54) is 17.7 Å². The van der Waals surface area contributed by atoms with Gasteiger partial charge in [-0.3, -0.25) is 0 Å². The fourth-order valence-electron chi connectivity index (χ4n) is 2.69. The van der Waals surface area contributed by atoms with Crippen molar-refractivity contribution in [1.82, 2.24) is 10.6 Å². The number of anilines is 1. The highest BCUT2D eigenvalue weighted by atomic mass is 16.5. The molecule has 2 rings (SSSR count). The molecule has 1 aromatic carbocycles. The highest BCUT2D eigenvalue weighted by Crippen LogP contribution is 2.30. The molecule has 22 heavy (non-hydrogen) atoms. The second-order valence-electron chi connectivity index (χ2n) is 5.50. The third kappa shape index (κ3) is 5.16. The fraction of sp³-hybridized carbons (Fsp3) is 0.647. The van der Waals surface area contributed by atoms with Gasteiger partial charge in [0, 0.05) is 39.8 Å². The van der Waals surface area contributed by atoms with Crippen molar-refractivity contribution in [3.63, 3.8) is 0 Å². The Morgan fingerprint density at radius 3 is 3.00 bits per heavy atom. The van der Waals surface area contributed by atoms with E-state index >= 15 is 0 Å². The first kappa shape index (κ1) is 17.1. The van der Waals surface area contributed by atoms with E-state index in [-0.39, 0.29) is 0 Å². The topological polar surface area (TPSA) is 45.8 Å². The summed E-state index contributed by atoms with van der Waals surface area (Å²) in [6.07, 6.45) is 1.17. The molecule has 1 fully saturated rings. The highest BCUT2D eigenvalue weighted by molar-refractivity contribution is 5.60. The van der Waals surface area contributed by atoms with E-state index in [1.807, 2.05) is 6.92 Å². The molecule has 1 heterocycles. The molecule has 1 aliphatic rings. The number of benzene rings is 1. The molecule has 0 bridgehead atoms. The predicted molar refractivity (Wildman–Crippen MR) is 90.9 cm³/mol. The van der Waals surface area contributed by atoms with Crippen LogP contribution in [0.4, 0.5) is 5.69 Å². The number of hydrogen-bond acceptors (Lipinski definition) is 5. The summed E-state index contributed by atoms with van der Waals surface area (Å²) in [5, 5.41) is 6.82. The van der Waals surface area contributed by atoms with Crippen LogP contribution in [0.15, 0.2) is 18.2 Å². The Morgan fingerprint density at radius 2 is 2.18 bits per heavy atom. The highest BCUT2D eigenvalue weighted by Gasteiger charge is 2.14. The molecular weight excluding hydrogens is 278 g/mol. The lowest BCUT2D eigenvalue weighted by Gasteiger charge is -2.25. The monoisotopic (exact) mass is 307 g/mol. The van der Waals surface area contributed by atoms with Gasteiger partial charge in [0.25, 0.3) is 0 Å². The molecule has 0 atom stereocenters. The molecule has 124 valence electrons. The van der Waals surface area contributed by atoms with Crippen LogP contribution in [0.5, 0.6) is 5.75 Å². The third-order valence-corrected chi connectivity index (χ3v) is 3.82. The Morgan fingerprint density at radius 1 is 1.27 bits per heavy atom. The molecular formula is C17H29N3O2. The Labute approximate surface area is 134 Å². The molecule has 0 amide bonds. The number of ether oxygens (including phenoxy) is 2. The van der Waals surface area contributed by atoms with Gasteiger partial charge in [0.15, 0.2) is 0 Å². The number of nitrogens with one attached hydrogen (secondary N) is 2. The summed E-state index contributed by atoms with van der Waals surface area (Å²) in [5.41, 5.74) is 2.46. The molecule has 0 saturated carbocycles. The van der Waals surface area contributed by atoms with Crippen LogP contribution < -0.4 is 20.3 Å². The first-order chi connectivity index (χ1) is 10.8. The lowest BCUT2D eigenvalue weighted by atomic mass is 10.1. The second-order valence-corrected chi connectivity index (χ2v) is 5.50. The van der Waals surface area contributed by atoms with Crippen LogP contribution in [0.2, 0.25) is 0 Å². The maximum absolute atomic E-state index is 5.88.